The molecule has 0 aliphatic heterocycles. The summed E-state index contributed by atoms with van der Waals surface area (Å²) < 4.78 is 7.85. The molecule has 2 aromatic heterocycles. The molecule has 0 spiro atoms. The summed E-state index contributed by atoms with van der Waals surface area (Å²) in [6.07, 6.45) is 3.26. The minimum atomic E-state index is -0.180. The standard InChI is InChI=1S/C12H9N3O2Se/c1-17-9-5-2-4-8-10(9)18-15(11(8)16)12-13-6-3-7-14-12/h2-7H,1H3. The molecule has 3 aromatic rings. The van der Waals surface area contributed by atoms with Gasteiger partial charge in [-0.3, -0.25) is 0 Å². The van der Waals surface area contributed by atoms with Crippen molar-refractivity contribution in [3.8, 4) is 11.7 Å². The zero-order valence-corrected chi connectivity index (χ0v) is 11.2. The average Bonchev–Trinajstić information content (AvgIpc) is 2.77. The van der Waals surface area contributed by atoms with E-state index in [0.717, 1.165) is 10.0 Å². The number of rotatable bonds is 2. The van der Waals surface area contributed by atoms with Gasteiger partial charge in [0.05, 0.1) is 0 Å². The van der Waals surface area contributed by atoms with E-state index in [9.17, 15) is 4.79 Å². The van der Waals surface area contributed by atoms with Crippen LogP contribution in [0.2, 0.25) is 0 Å². The molecule has 0 saturated carbocycles. The van der Waals surface area contributed by atoms with Crippen LogP contribution in [0.15, 0.2) is 41.5 Å². The van der Waals surface area contributed by atoms with Crippen molar-refractivity contribution in [3.05, 3.63) is 47.0 Å². The van der Waals surface area contributed by atoms with Crippen LogP contribution >= 0.6 is 0 Å². The van der Waals surface area contributed by atoms with Crippen molar-refractivity contribution in [3.63, 3.8) is 0 Å². The number of benzene rings is 1. The van der Waals surface area contributed by atoms with E-state index in [1.807, 2.05) is 18.2 Å². The van der Waals surface area contributed by atoms with Gasteiger partial charge in [0.2, 0.25) is 0 Å². The van der Waals surface area contributed by atoms with E-state index in [-0.39, 0.29) is 20.3 Å². The molecule has 0 unspecified atom stereocenters. The third-order valence-electron chi connectivity index (χ3n) is 2.53. The van der Waals surface area contributed by atoms with Gasteiger partial charge in [-0.05, 0) is 0 Å². The van der Waals surface area contributed by atoms with Gasteiger partial charge in [-0.15, -0.1) is 0 Å². The van der Waals surface area contributed by atoms with Crippen molar-refractivity contribution >= 4 is 24.4 Å². The van der Waals surface area contributed by atoms with E-state index in [1.165, 1.54) is 0 Å². The minimum absolute atomic E-state index is 0.0601. The quantitative estimate of drug-likeness (QED) is 0.659. The van der Waals surface area contributed by atoms with Crippen LogP contribution in [0, 0.1) is 0 Å². The SMILES string of the molecule is COc1cccc2c(=O)n(-c3ncccn3)[se]c12. The summed E-state index contributed by atoms with van der Waals surface area (Å²) in [7, 11) is 1.61. The fraction of sp³-hybridized carbons (Fsp3) is 0.0833. The maximum absolute atomic E-state index is 12.3. The van der Waals surface area contributed by atoms with Crippen LogP contribution < -0.4 is 10.3 Å². The molecule has 0 saturated heterocycles. The number of hydrogen-bond donors (Lipinski definition) is 0. The fourth-order valence-corrected chi connectivity index (χ4v) is 3.88. The molecule has 1 aromatic carbocycles. The summed E-state index contributed by atoms with van der Waals surface area (Å²) in [5, 5.41) is 0.682. The molecule has 0 amide bonds. The molecule has 0 fully saturated rings. The zero-order valence-electron chi connectivity index (χ0n) is 9.53. The van der Waals surface area contributed by atoms with E-state index in [2.05, 4.69) is 9.97 Å². The normalized spacial score (nSPS) is 10.7. The molecular weight excluding hydrogens is 297 g/mol. The Hall–Kier alpha value is -1.91. The predicted molar refractivity (Wildman–Crippen MR) is 68.6 cm³/mol. The first-order valence-corrected chi connectivity index (χ1v) is 6.90. The van der Waals surface area contributed by atoms with Crippen molar-refractivity contribution in [1.82, 2.24) is 13.5 Å². The van der Waals surface area contributed by atoms with Crippen molar-refractivity contribution in [2.24, 2.45) is 0 Å². The van der Waals surface area contributed by atoms with E-state index in [0.29, 0.717) is 11.3 Å². The zero-order chi connectivity index (χ0) is 12.5. The monoisotopic (exact) mass is 307 g/mol. The molecule has 0 aliphatic rings. The van der Waals surface area contributed by atoms with Crippen LogP contribution in [0.25, 0.3) is 15.6 Å². The van der Waals surface area contributed by atoms with E-state index >= 15 is 0 Å². The summed E-state index contributed by atoms with van der Waals surface area (Å²) in [6, 6.07) is 7.22. The third-order valence-corrected chi connectivity index (χ3v) is 4.87. The van der Waals surface area contributed by atoms with Crippen LogP contribution in [0.1, 0.15) is 0 Å². The van der Waals surface area contributed by atoms with Gasteiger partial charge in [0.15, 0.2) is 0 Å². The first kappa shape index (κ1) is 11.2. The van der Waals surface area contributed by atoms with Crippen LogP contribution in [0.4, 0.5) is 0 Å². The predicted octanol–water partition coefficient (Wildman–Crippen LogP) is 0.846. The van der Waals surface area contributed by atoms with Crippen molar-refractivity contribution in [2.75, 3.05) is 7.11 Å². The molecule has 6 heteroatoms. The van der Waals surface area contributed by atoms with Crippen molar-refractivity contribution < 1.29 is 4.74 Å². The summed E-state index contributed by atoms with van der Waals surface area (Å²) in [5.41, 5.74) is -0.0601. The topological polar surface area (TPSA) is 57.0 Å². The van der Waals surface area contributed by atoms with Crippen molar-refractivity contribution in [2.45, 2.75) is 0 Å². The Bertz CT molecular complexity index is 749. The van der Waals surface area contributed by atoms with Gasteiger partial charge >= 0.3 is 108 Å². The van der Waals surface area contributed by atoms with Crippen LogP contribution in [-0.4, -0.2) is 35.4 Å². The Morgan fingerprint density at radius 1 is 1.22 bits per heavy atom. The molecule has 3 rings (SSSR count). The summed E-state index contributed by atoms with van der Waals surface area (Å²) in [4.78, 5) is 20.5. The van der Waals surface area contributed by atoms with Gasteiger partial charge in [-0.2, -0.15) is 0 Å². The number of methoxy groups -OCH3 is 1. The second-order valence-corrected chi connectivity index (χ2v) is 5.58. The third kappa shape index (κ3) is 1.66. The van der Waals surface area contributed by atoms with E-state index in [4.69, 9.17) is 4.74 Å². The molecule has 0 radical (unpaired) electrons. The number of ether oxygens (including phenoxy) is 1. The first-order chi connectivity index (χ1) is 8.81. The van der Waals surface area contributed by atoms with Gasteiger partial charge in [0, 0.05) is 0 Å². The fourth-order valence-electron chi connectivity index (χ4n) is 1.71. The number of nitrogens with zero attached hydrogens (tertiary/aromatic N) is 3. The van der Waals surface area contributed by atoms with Gasteiger partial charge in [-0.1, -0.05) is 0 Å². The number of aromatic nitrogens is 3. The Morgan fingerprint density at radius 2 is 2.00 bits per heavy atom. The molecule has 0 aliphatic carbocycles. The Kier molecular flexibility index (Phi) is 2.74. The molecule has 5 nitrogen and oxygen atoms in total. The van der Waals surface area contributed by atoms with Crippen LogP contribution in [-0.2, 0) is 0 Å². The molecule has 2 heterocycles. The first-order valence-electron chi connectivity index (χ1n) is 5.27. The second kappa shape index (κ2) is 4.40. The molecule has 0 bridgehead atoms. The maximum atomic E-state index is 12.3. The molecule has 90 valence electrons. The van der Waals surface area contributed by atoms with Gasteiger partial charge in [0.25, 0.3) is 0 Å². The summed E-state index contributed by atoms with van der Waals surface area (Å²) in [5.74, 6) is 1.19. The average molecular weight is 306 g/mol. The van der Waals surface area contributed by atoms with Crippen molar-refractivity contribution in [1.29, 1.82) is 0 Å². The number of fused-ring (bicyclic) bond motifs is 1. The Morgan fingerprint density at radius 3 is 2.72 bits per heavy atom. The van der Waals surface area contributed by atoms with Gasteiger partial charge in [-0.25, -0.2) is 0 Å². The van der Waals surface area contributed by atoms with Gasteiger partial charge < -0.3 is 0 Å². The van der Waals surface area contributed by atoms with E-state index in [1.54, 1.807) is 29.1 Å². The summed E-state index contributed by atoms with van der Waals surface area (Å²) in [6.45, 7) is 0. The Labute approximate surface area is 109 Å². The molecular formula is C12H9N3O2Se. The van der Waals surface area contributed by atoms with E-state index < -0.39 is 0 Å². The van der Waals surface area contributed by atoms with Crippen LogP contribution in [0.5, 0.6) is 5.75 Å². The molecule has 0 N–H and O–H groups in total. The van der Waals surface area contributed by atoms with Gasteiger partial charge in [0.1, 0.15) is 0 Å². The summed E-state index contributed by atoms with van der Waals surface area (Å²) >= 11 is -0.180. The molecule has 0 atom stereocenters. The van der Waals surface area contributed by atoms with Crippen LogP contribution in [0.3, 0.4) is 0 Å². The number of hydrogen-bond acceptors (Lipinski definition) is 4. The molecule has 18 heavy (non-hydrogen) atoms. The Balaban J connectivity index is 2.33. The second-order valence-electron chi connectivity index (χ2n) is 3.58.